The van der Waals surface area contributed by atoms with E-state index < -0.39 is 0 Å². The van der Waals surface area contributed by atoms with Gasteiger partial charge in [0.1, 0.15) is 6.61 Å². The summed E-state index contributed by atoms with van der Waals surface area (Å²) in [6, 6.07) is 0. The summed E-state index contributed by atoms with van der Waals surface area (Å²) in [5.74, 6) is 0.243. The molecule has 0 atom stereocenters. The fourth-order valence-corrected chi connectivity index (χ4v) is 0.779. The summed E-state index contributed by atoms with van der Waals surface area (Å²) in [7, 11) is 0. The first kappa shape index (κ1) is 11.9. The zero-order chi connectivity index (χ0) is 10.1. The smallest absolute Gasteiger partial charge is 0.306 e. The van der Waals surface area contributed by atoms with Crippen molar-refractivity contribution < 1.29 is 9.53 Å². The molecular formula is C11H18O2. The molecule has 0 heterocycles. The van der Waals surface area contributed by atoms with Gasteiger partial charge in [0, 0.05) is 6.42 Å². The van der Waals surface area contributed by atoms with Crippen molar-refractivity contribution in [3.8, 4) is 0 Å². The predicted octanol–water partition coefficient (Wildman–Crippen LogP) is 2.71. The van der Waals surface area contributed by atoms with E-state index in [1.54, 1.807) is 0 Å². The zero-order valence-corrected chi connectivity index (χ0v) is 8.62. The van der Waals surface area contributed by atoms with E-state index in [0.717, 1.165) is 0 Å². The van der Waals surface area contributed by atoms with Gasteiger partial charge in [0.15, 0.2) is 0 Å². The Labute approximate surface area is 80.3 Å². The summed E-state index contributed by atoms with van der Waals surface area (Å²) < 4.78 is 4.94. The van der Waals surface area contributed by atoms with Crippen LogP contribution < -0.4 is 0 Å². The van der Waals surface area contributed by atoms with E-state index in [1.165, 1.54) is 0 Å². The van der Waals surface area contributed by atoms with E-state index in [1.807, 2.05) is 45.1 Å². The number of carbonyl (C=O) groups excluding carboxylic acids is 1. The minimum Gasteiger partial charge on any atom is -0.461 e. The van der Waals surface area contributed by atoms with Gasteiger partial charge in [0.05, 0.1) is 0 Å². The van der Waals surface area contributed by atoms with Crippen LogP contribution in [0.2, 0.25) is 0 Å². The molecule has 0 aromatic heterocycles. The van der Waals surface area contributed by atoms with Crippen LogP contribution in [0.1, 0.15) is 27.2 Å². The summed E-state index contributed by atoms with van der Waals surface area (Å²) in [6.07, 6.45) is 8.00. The fraction of sp³-hybridized carbons (Fsp3) is 0.545. The largest absolute Gasteiger partial charge is 0.461 e. The van der Waals surface area contributed by atoms with Crippen LogP contribution in [-0.4, -0.2) is 12.6 Å². The van der Waals surface area contributed by atoms with Crippen LogP contribution in [-0.2, 0) is 9.53 Å². The Morgan fingerprint density at radius 3 is 2.62 bits per heavy atom. The number of allylic oxidation sites excluding steroid dienone is 3. The minimum atomic E-state index is -0.125. The van der Waals surface area contributed by atoms with Crippen molar-refractivity contribution in [1.29, 1.82) is 0 Å². The van der Waals surface area contributed by atoms with Crippen LogP contribution in [0.4, 0.5) is 0 Å². The molecule has 0 fully saturated rings. The first-order chi connectivity index (χ1) is 6.16. The maximum absolute atomic E-state index is 11.0. The molecule has 0 bridgehead atoms. The van der Waals surface area contributed by atoms with E-state index in [4.69, 9.17) is 4.74 Å². The van der Waals surface area contributed by atoms with Gasteiger partial charge in [0.25, 0.3) is 0 Å². The van der Waals surface area contributed by atoms with Crippen LogP contribution in [0, 0.1) is 5.92 Å². The van der Waals surface area contributed by atoms with Crippen molar-refractivity contribution in [2.24, 2.45) is 5.92 Å². The molecule has 0 aromatic rings. The third kappa shape index (κ3) is 8.86. The lowest BCUT2D eigenvalue weighted by molar-refractivity contribution is -0.143. The van der Waals surface area contributed by atoms with Crippen LogP contribution >= 0.6 is 0 Å². The normalized spacial score (nSPS) is 11.7. The lowest BCUT2D eigenvalue weighted by atomic mass is 10.1. The first-order valence-corrected chi connectivity index (χ1v) is 4.60. The summed E-state index contributed by atoms with van der Waals surface area (Å²) in [5, 5.41) is 0. The maximum Gasteiger partial charge on any atom is 0.306 e. The molecule has 0 spiro atoms. The van der Waals surface area contributed by atoms with Crippen LogP contribution in [0.3, 0.4) is 0 Å². The van der Waals surface area contributed by atoms with Crippen molar-refractivity contribution in [1.82, 2.24) is 0 Å². The highest BCUT2D eigenvalue weighted by Gasteiger charge is 2.03. The molecule has 2 nitrogen and oxygen atoms in total. The Morgan fingerprint density at radius 2 is 2.08 bits per heavy atom. The predicted molar refractivity (Wildman–Crippen MR) is 54.4 cm³/mol. The van der Waals surface area contributed by atoms with E-state index >= 15 is 0 Å². The molecule has 0 saturated heterocycles. The number of rotatable bonds is 5. The second-order valence-corrected chi connectivity index (χ2v) is 3.23. The zero-order valence-electron chi connectivity index (χ0n) is 8.62. The Bertz CT molecular complexity index is 190. The summed E-state index contributed by atoms with van der Waals surface area (Å²) >= 11 is 0. The number of carbonyl (C=O) groups is 1. The number of esters is 1. The molecule has 2 heteroatoms. The van der Waals surface area contributed by atoms with Crippen molar-refractivity contribution in [2.75, 3.05) is 6.61 Å². The maximum atomic E-state index is 11.0. The Hall–Kier alpha value is -1.05. The minimum absolute atomic E-state index is 0.125. The Kier molecular flexibility index (Phi) is 6.98. The van der Waals surface area contributed by atoms with Crippen molar-refractivity contribution >= 4 is 5.97 Å². The van der Waals surface area contributed by atoms with Crippen LogP contribution in [0.15, 0.2) is 24.3 Å². The van der Waals surface area contributed by atoms with Gasteiger partial charge in [-0.1, -0.05) is 32.1 Å². The van der Waals surface area contributed by atoms with Gasteiger partial charge in [-0.25, -0.2) is 0 Å². The van der Waals surface area contributed by atoms with Crippen molar-refractivity contribution in [3.63, 3.8) is 0 Å². The van der Waals surface area contributed by atoms with Gasteiger partial charge in [0.2, 0.25) is 0 Å². The Balaban J connectivity index is 3.47. The highest BCUT2D eigenvalue weighted by atomic mass is 16.5. The summed E-state index contributed by atoms with van der Waals surface area (Å²) in [5.41, 5.74) is 0. The molecule has 0 aliphatic carbocycles. The lowest BCUT2D eigenvalue weighted by Gasteiger charge is -2.03. The molecule has 0 aliphatic rings. The van der Waals surface area contributed by atoms with Crippen molar-refractivity contribution in [3.05, 3.63) is 24.3 Å². The molecule has 0 amide bonds. The second-order valence-electron chi connectivity index (χ2n) is 3.23. The highest BCUT2D eigenvalue weighted by molar-refractivity contribution is 5.69. The lowest BCUT2D eigenvalue weighted by Crippen LogP contribution is -2.07. The third-order valence-corrected chi connectivity index (χ3v) is 1.36. The monoisotopic (exact) mass is 182 g/mol. The number of ether oxygens (including phenoxy) is 1. The average Bonchev–Trinajstić information content (AvgIpc) is 2.02. The summed E-state index contributed by atoms with van der Waals surface area (Å²) in [6.45, 7) is 6.30. The summed E-state index contributed by atoms with van der Waals surface area (Å²) in [4.78, 5) is 11.0. The molecule has 74 valence electrons. The van der Waals surface area contributed by atoms with Gasteiger partial charge < -0.3 is 4.74 Å². The first-order valence-electron chi connectivity index (χ1n) is 4.60. The molecular weight excluding hydrogens is 164 g/mol. The average molecular weight is 182 g/mol. The van der Waals surface area contributed by atoms with Crippen LogP contribution in [0.25, 0.3) is 0 Å². The fourth-order valence-electron chi connectivity index (χ4n) is 0.779. The van der Waals surface area contributed by atoms with Gasteiger partial charge in [-0.3, -0.25) is 4.79 Å². The standard InChI is InChI=1S/C11H18O2/c1-4-5-6-7-8-13-11(12)9-10(2)3/h4-7,10H,8-9H2,1-3H3/b5-4-,7-6-. The van der Waals surface area contributed by atoms with Crippen molar-refractivity contribution in [2.45, 2.75) is 27.2 Å². The van der Waals surface area contributed by atoms with Gasteiger partial charge in [-0.15, -0.1) is 0 Å². The van der Waals surface area contributed by atoms with Crippen LogP contribution in [0.5, 0.6) is 0 Å². The molecule has 0 aromatic carbocycles. The highest BCUT2D eigenvalue weighted by Crippen LogP contribution is 2.00. The molecule has 0 rings (SSSR count). The molecule has 13 heavy (non-hydrogen) atoms. The molecule has 0 radical (unpaired) electrons. The quantitative estimate of drug-likeness (QED) is 0.482. The third-order valence-electron chi connectivity index (χ3n) is 1.36. The Morgan fingerprint density at radius 1 is 1.38 bits per heavy atom. The number of hydrogen-bond acceptors (Lipinski definition) is 2. The van der Waals surface area contributed by atoms with Gasteiger partial charge >= 0.3 is 5.97 Å². The van der Waals surface area contributed by atoms with E-state index in [0.29, 0.717) is 18.9 Å². The molecule has 0 saturated carbocycles. The van der Waals surface area contributed by atoms with E-state index in [2.05, 4.69) is 0 Å². The topological polar surface area (TPSA) is 26.3 Å². The SMILES string of the molecule is C/C=C\C=C/COC(=O)CC(C)C. The molecule has 0 aliphatic heterocycles. The van der Waals surface area contributed by atoms with Gasteiger partial charge in [-0.05, 0) is 18.9 Å². The van der Waals surface area contributed by atoms with E-state index in [-0.39, 0.29) is 5.97 Å². The van der Waals surface area contributed by atoms with Gasteiger partial charge in [-0.2, -0.15) is 0 Å². The second kappa shape index (κ2) is 7.59. The number of hydrogen-bond donors (Lipinski definition) is 0. The molecule has 0 N–H and O–H groups in total. The van der Waals surface area contributed by atoms with E-state index in [9.17, 15) is 4.79 Å². The molecule has 0 unspecified atom stereocenters.